The highest BCUT2D eigenvalue weighted by molar-refractivity contribution is 7.10. The number of quaternary nitrogens is 1. The van der Waals surface area contributed by atoms with Crippen molar-refractivity contribution in [3.05, 3.63) is 62.2 Å². The SMILES string of the molecule is COC(=O)[C@@]1(c2ccccc2Cl)[N-][N+]12CCc1sccc1C2. The van der Waals surface area contributed by atoms with Gasteiger partial charge in [0.15, 0.2) is 5.66 Å². The molecule has 0 amide bonds. The minimum absolute atomic E-state index is 0.334. The van der Waals surface area contributed by atoms with Crippen molar-refractivity contribution in [2.75, 3.05) is 13.7 Å². The predicted molar refractivity (Wildman–Crippen MR) is 85.4 cm³/mol. The number of nitrogens with zero attached hydrogens (tertiary/aromatic N) is 2. The smallest absolute Gasteiger partial charge is 0.354 e. The average Bonchev–Trinajstić information content (AvgIpc) is 2.92. The summed E-state index contributed by atoms with van der Waals surface area (Å²) in [4.78, 5) is 14.0. The highest BCUT2D eigenvalue weighted by Gasteiger charge is 2.65. The summed E-state index contributed by atoms with van der Waals surface area (Å²) in [5.41, 5.74) is 5.75. The quantitative estimate of drug-likeness (QED) is 0.478. The van der Waals surface area contributed by atoms with Gasteiger partial charge in [0.05, 0.1) is 20.2 Å². The number of esters is 1. The minimum Gasteiger partial charge on any atom is -0.465 e. The maximum absolute atomic E-state index is 12.6. The molecule has 1 saturated heterocycles. The molecule has 1 spiro atoms. The van der Waals surface area contributed by atoms with Gasteiger partial charge in [-0.25, -0.2) is 4.79 Å². The first kappa shape index (κ1) is 14.2. The van der Waals surface area contributed by atoms with Crippen LogP contribution in [0.3, 0.4) is 0 Å². The van der Waals surface area contributed by atoms with E-state index in [0.29, 0.717) is 9.61 Å². The number of ether oxygens (including phenoxy) is 1. The molecular weight excluding hydrogens is 320 g/mol. The van der Waals surface area contributed by atoms with Crippen molar-refractivity contribution in [1.82, 2.24) is 0 Å². The molecule has 4 rings (SSSR count). The molecule has 1 aromatic carbocycles. The number of methoxy groups -OCH3 is 1. The molecule has 4 nitrogen and oxygen atoms in total. The molecule has 0 N–H and O–H groups in total. The molecule has 114 valence electrons. The van der Waals surface area contributed by atoms with Crippen LogP contribution >= 0.6 is 22.9 Å². The molecule has 2 aliphatic rings. The van der Waals surface area contributed by atoms with Crippen molar-refractivity contribution in [2.24, 2.45) is 0 Å². The zero-order valence-corrected chi connectivity index (χ0v) is 13.7. The van der Waals surface area contributed by atoms with Crippen molar-refractivity contribution in [3.8, 4) is 0 Å². The molecule has 0 saturated carbocycles. The van der Waals surface area contributed by atoms with Gasteiger partial charge >= 0.3 is 5.97 Å². The van der Waals surface area contributed by atoms with E-state index in [1.165, 1.54) is 17.6 Å². The Labute approximate surface area is 137 Å². The highest BCUT2D eigenvalue weighted by atomic mass is 35.5. The molecular formula is C16H15ClN2O2S. The third kappa shape index (κ3) is 1.74. The van der Waals surface area contributed by atoms with Gasteiger partial charge in [-0.1, -0.05) is 29.8 Å². The largest absolute Gasteiger partial charge is 0.465 e. The van der Waals surface area contributed by atoms with Gasteiger partial charge < -0.3 is 14.8 Å². The zero-order chi connectivity index (χ0) is 15.4. The van der Waals surface area contributed by atoms with Crippen LogP contribution in [-0.4, -0.2) is 24.2 Å². The second-order valence-electron chi connectivity index (χ2n) is 5.67. The first-order valence-corrected chi connectivity index (χ1v) is 8.39. The Kier molecular flexibility index (Phi) is 3.10. The molecule has 1 aromatic heterocycles. The lowest BCUT2D eigenvalue weighted by atomic mass is 9.99. The van der Waals surface area contributed by atoms with Crippen molar-refractivity contribution in [3.63, 3.8) is 0 Å². The highest BCUT2D eigenvalue weighted by Crippen LogP contribution is 2.63. The van der Waals surface area contributed by atoms with E-state index in [-0.39, 0.29) is 5.97 Å². The maximum atomic E-state index is 12.6. The topological polar surface area (TPSA) is 40.4 Å². The van der Waals surface area contributed by atoms with Gasteiger partial charge in [0.1, 0.15) is 0 Å². The Balaban J connectivity index is 1.81. The Morgan fingerprint density at radius 1 is 1.41 bits per heavy atom. The van der Waals surface area contributed by atoms with Crippen molar-refractivity contribution >= 4 is 28.9 Å². The first-order chi connectivity index (χ1) is 10.6. The van der Waals surface area contributed by atoms with E-state index in [2.05, 4.69) is 11.4 Å². The molecule has 1 unspecified atom stereocenters. The fourth-order valence-corrected chi connectivity index (χ4v) is 4.63. The number of halogens is 1. The fraction of sp³-hybridized carbons (Fsp3) is 0.312. The number of fused-ring (bicyclic) bond motifs is 1. The molecule has 6 heteroatoms. The summed E-state index contributed by atoms with van der Waals surface area (Å²) < 4.78 is 5.45. The van der Waals surface area contributed by atoms with E-state index >= 15 is 0 Å². The second-order valence-corrected chi connectivity index (χ2v) is 7.07. The normalized spacial score (nSPS) is 29.2. The molecule has 2 atom stereocenters. The van der Waals surface area contributed by atoms with E-state index < -0.39 is 5.66 Å². The number of carbonyl (C=O) groups is 1. The van der Waals surface area contributed by atoms with Gasteiger partial charge in [0.25, 0.3) is 0 Å². The number of hydrogen-bond donors (Lipinski definition) is 0. The average molecular weight is 335 g/mol. The van der Waals surface area contributed by atoms with Crippen LogP contribution in [0.1, 0.15) is 16.0 Å². The third-order valence-electron chi connectivity index (χ3n) is 4.60. The van der Waals surface area contributed by atoms with Crippen molar-refractivity contribution in [2.45, 2.75) is 18.6 Å². The lowest BCUT2D eigenvalue weighted by molar-refractivity contribution is -0.828. The van der Waals surface area contributed by atoms with Crippen LogP contribution in [0.5, 0.6) is 0 Å². The van der Waals surface area contributed by atoms with Crippen LogP contribution in [0.2, 0.25) is 5.02 Å². The Hall–Kier alpha value is -1.40. The van der Waals surface area contributed by atoms with E-state index in [4.69, 9.17) is 21.8 Å². The van der Waals surface area contributed by atoms with E-state index in [9.17, 15) is 4.79 Å². The first-order valence-electron chi connectivity index (χ1n) is 7.13. The van der Waals surface area contributed by atoms with Crippen LogP contribution in [0, 0.1) is 0 Å². The molecule has 2 aromatic rings. The van der Waals surface area contributed by atoms with Gasteiger partial charge in [-0.3, -0.25) is 0 Å². The summed E-state index contributed by atoms with van der Waals surface area (Å²) in [6, 6.07) is 9.54. The molecule has 2 aliphatic heterocycles. The summed E-state index contributed by atoms with van der Waals surface area (Å²) in [6.45, 7) is 1.52. The van der Waals surface area contributed by atoms with E-state index in [1.807, 2.05) is 18.2 Å². The number of rotatable bonds is 2. The second kappa shape index (κ2) is 4.80. The molecule has 22 heavy (non-hydrogen) atoms. The zero-order valence-electron chi connectivity index (χ0n) is 12.1. The summed E-state index contributed by atoms with van der Waals surface area (Å²) in [6.07, 6.45) is 0.930. The Morgan fingerprint density at radius 2 is 2.23 bits per heavy atom. The number of carbonyl (C=O) groups excluding carboxylic acids is 1. The van der Waals surface area contributed by atoms with Gasteiger partial charge in [0.2, 0.25) is 0 Å². The van der Waals surface area contributed by atoms with Crippen LogP contribution in [0.4, 0.5) is 0 Å². The number of thiophene rings is 1. The molecule has 0 aliphatic carbocycles. The van der Waals surface area contributed by atoms with E-state index in [1.54, 1.807) is 17.4 Å². The third-order valence-corrected chi connectivity index (χ3v) is 5.95. The number of hydrogen-bond acceptors (Lipinski definition) is 3. The summed E-state index contributed by atoms with van der Waals surface area (Å²) in [7, 11) is 1.41. The Bertz CT molecular complexity index is 762. The van der Waals surface area contributed by atoms with Crippen LogP contribution < -0.4 is 0 Å². The molecule has 0 bridgehead atoms. The summed E-state index contributed by atoms with van der Waals surface area (Å²) >= 11 is 8.13. The minimum atomic E-state index is -1.01. The van der Waals surface area contributed by atoms with Gasteiger partial charge in [0, 0.05) is 27.4 Å². The maximum Gasteiger partial charge on any atom is 0.354 e. The lowest BCUT2D eigenvalue weighted by Gasteiger charge is -2.34. The standard InChI is InChI=1S/C16H15ClN2O2S/c1-21-15(20)16(12-4-2-3-5-13(12)17)18-19(16)8-6-14-11(10-19)7-9-22-14/h2-5,7,9H,6,8,10H2,1H3/t16-,19?/m0/s1. The molecule has 1 fully saturated rings. The van der Waals surface area contributed by atoms with Gasteiger partial charge in [-0.2, -0.15) is 0 Å². The van der Waals surface area contributed by atoms with Gasteiger partial charge in [-0.05, 0) is 17.5 Å². The predicted octanol–water partition coefficient (Wildman–Crippen LogP) is 3.60. The number of benzene rings is 1. The molecule has 3 heterocycles. The lowest BCUT2D eigenvalue weighted by Crippen LogP contribution is -2.43. The summed E-state index contributed by atoms with van der Waals surface area (Å²) in [5, 5.41) is 2.66. The monoisotopic (exact) mass is 334 g/mol. The van der Waals surface area contributed by atoms with Crippen LogP contribution in [-0.2, 0) is 28.2 Å². The van der Waals surface area contributed by atoms with Crippen molar-refractivity contribution in [1.29, 1.82) is 0 Å². The van der Waals surface area contributed by atoms with Crippen molar-refractivity contribution < 1.29 is 14.1 Å². The van der Waals surface area contributed by atoms with Crippen LogP contribution in [0.25, 0.3) is 5.43 Å². The molecule has 0 radical (unpaired) electrons. The Morgan fingerprint density at radius 3 is 3.00 bits per heavy atom. The summed E-state index contributed by atoms with van der Waals surface area (Å²) in [5.74, 6) is -0.334. The van der Waals surface area contributed by atoms with Crippen LogP contribution in [0.15, 0.2) is 35.7 Å². The van der Waals surface area contributed by atoms with Gasteiger partial charge in [-0.15, -0.1) is 11.3 Å². The van der Waals surface area contributed by atoms with E-state index in [0.717, 1.165) is 25.1 Å². The fourth-order valence-electron chi connectivity index (χ4n) is 3.48.